The van der Waals surface area contributed by atoms with Crippen LogP contribution >= 0.6 is 0 Å². The fraction of sp³-hybridized carbons (Fsp3) is 0.556. The monoisotopic (exact) mass is 299 g/mol. The average Bonchev–Trinajstić information content (AvgIpc) is 2.92. The molecule has 0 spiro atoms. The van der Waals surface area contributed by atoms with Crippen molar-refractivity contribution in [1.82, 2.24) is 14.8 Å². The maximum Gasteiger partial charge on any atom is 0.212 e. The van der Waals surface area contributed by atoms with E-state index in [9.17, 15) is 4.39 Å². The Bertz CT molecular complexity index is 637. The zero-order chi connectivity index (χ0) is 14.9. The number of aromatic nitrogens is 3. The molecule has 2 heterocycles. The number of hydrogen-bond donors (Lipinski definition) is 0. The van der Waals surface area contributed by atoms with Crippen molar-refractivity contribution in [3.63, 3.8) is 0 Å². The first-order valence-electron chi connectivity index (χ1n) is 8.52. The van der Waals surface area contributed by atoms with Crippen LogP contribution in [0.15, 0.2) is 24.5 Å². The van der Waals surface area contributed by atoms with Crippen molar-refractivity contribution >= 4 is 0 Å². The second kappa shape index (κ2) is 5.82. The lowest BCUT2D eigenvalue weighted by atomic mass is 9.81. The van der Waals surface area contributed by atoms with Gasteiger partial charge in [0.1, 0.15) is 0 Å². The SMILES string of the molecule is Fc1ccc(-c2cn(C3CCCCC3)nc2C2CCC2)cn1. The number of nitrogens with zero attached hydrogens (tertiary/aromatic N) is 3. The molecule has 2 aromatic rings. The Labute approximate surface area is 130 Å². The molecule has 3 nitrogen and oxygen atoms in total. The van der Waals surface area contributed by atoms with E-state index in [1.807, 2.05) is 6.07 Å². The van der Waals surface area contributed by atoms with Gasteiger partial charge in [-0.3, -0.25) is 4.68 Å². The Kier molecular flexibility index (Phi) is 3.68. The van der Waals surface area contributed by atoms with Crippen LogP contribution in [0.5, 0.6) is 0 Å². The van der Waals surface area contributed by atoms with Gasteiger partial charge < -0.3 is 0 Å². The highest BCUT2D eigenvalue weighted by molar-refractivity contribution is 5.65. The van der Waals surface area contributed by atoms with E-state index in [2.05, 4.69) is 15.9 Å². The molecule has 4 rings (SSSR count). The first-order chi connectivity index (χ1) is 10.8. The van der Waals surface area contributed by atoms with Crippen LogP contribution in [0.3, 0.4) is 0 Å². The van der Waals surface area contributed by atoms with Crippen molar-refractivity contribution in [2.75, 3.05) is 0 Å². The molecule has 4 heteroatoms. The van der Waals surface area contributed by atoms with Crippen molar-refractivity contribution in [2.45, 2.75) is 63.3 Å². The van der Waals surface area contributed by atoms with Crippen LogP contribution in [0.4, 0.5) is 4.39 Å². The summed E-state index contributed by atoms with van der Waals surface area (Å²) in [6.07, 6.45) is 14.0. The van der Waals surface area contributed by atoms with Gasteiger partial charge in [-0.15, -0.1) is 0 Å². The second-order valence-electron chi connectivity index (χ2n) is 6.70. The molecule has 0 aromatic carbocycles. The van der Waals surface area contributed by atoms with E-state index in [0.717, 1.165) is 11.1 Å². The summed E-state index contributed by atoms with van der Waals surface area (Å²) in [6, 6.07) is 3.81. The first kappa shape index (κ1) is 13.9. The summed E-state index contributed by atoms with van der Waals surface area (Å²) in [5.74, 6) is 0.151. The third-order valence-corrected chi connectivity index (χ3v) is 5.24. The van der Waals surface area contributed by atoms with E-state index >= 15 is 0 Å². The summed E-state index contributed by atoms with van der Waals surface area (Å²) in [5, 5.41) is 4.95. The van der Waals surface area contributed by atoms with Gasteiger partial charge in [0.25, 0.3) is 0 Å². The lowest BCUT2D eigenvalue weighted by Gasteiger charge is -2.25. The highest BCUT2D eigenvalue weighted by atomic mass is 19.1. The third kappa shape index (κ3) is 2.55. The highest BCUT2D eigenvalue weighted by Gasteiger charge is 2.27. The van der Waals surface area contributed by atoms with Crippen molar-refractivity contribution in [3.8, 4) is 11.1 Å². The van der Waals surface area contributed by atoms with Gasteiger partial charge >= 0.3 is 0 Å². The number of rotatable bonds is 3. The fourth-order valence-corrected chi connectivity index (χ4v) is 3.68. The molecule has 116 valence electrons. The smallest absolute Gasteiger partial charge is 0.212 e. The lowest BCUT2D eigenvalue weighted by Crippen LogP contribution is -2.15. The van der Waals surface area contributed by atoms with Crippen molar-refractivity contribution in [2.24, 2.45) is 0 Å². The normalized spacial score (nSPS) is 20.0. The van der Waals surface area contributed by atoms with Crippen LogP contribution in [-0.2, 0) is 0 Å². The molecule has 2 aromatic heterocycles. The van der Waals surface area contributed by atoms with E-state index in [-0.39, 0.29) is 0 Å². The minimum absolute atomic E-state index is 0.423. The summed E-state index contributed by atoms with van der Waals surface area (Å²) in [6.45, 7) is 0. The summed E-state index contributed by atoms with van der Waals surface area (Å²) in [5.41, 5.74) is 3.35. The highest BCUT2D eigenvalue weighted by Crippen LogP contribution is 2.41. The predicted molar refractivity (Wildman–Crippen MR) is 84.1 cm³/mol. The van der Waals surface area contributed by atoms with Gasteiger partial charge in [0.05, 0.1) is 11.7 Å². The van der Waals surface area contributed by atoms with Crippen LogP contribution in [0, 0.1) is 5.95 Å². The summed E-state index contributed by atoms with van der Waals surface area (Å²) in [4.78, 5) is 3.82. The predicted octanol–water partition coefficient (Wildman–Crippen LogP) is 4.86. The topological polar surface area (TPSA) is 30.7 Å². The van der Waals surface area contributed by atoms with Crippen molar-refractivity contribution in [3.05, 3.63) is 36.2 Å². The minimum atomic E-state index is -0.423. The zero-order valence-electron chi connectivity index (χ0n) is 12.8. The second-order valence-corrected chi connectivity index (χ2v) is 6.70. The largest absolute Gasteiger partial charge is 0.269 e. The van der Waals surface area contributed by atoms with Gasteiger partial charge in [-0.1, -0.05) is 25.7 Å². The van der Waals surface area contributed by atoms with Gasteiger partial charge in [-0.2, -0.15) is 9.49 Å². The Morgan fingerprint density at radius 1 is 1.00 bits per heavy atom. The van der Waals surface area contributed by atoms with Crippen molar-refractivity contribution in [1.29, 1.82) is 0 Å². The fourth-order valence-electron chi connectivity index (χ4n) is 3.68. The molecule has 2 aliphatic rings. The Balaban J connectivity index is 1.71. The third-order valence-electron chi connectivity index (χ3n) is 5.24. The standard InChI is InChI=1S/C18H22FN3/c19-17-10-9-14(11-20-17)16-12-22(15-7-2-1-3-8-15)21-18(16)13-5-4-6-13/h9-13,15H,1-8H2. The molecule has 2 saturated carbocycles. The molecule has 22 heavy (non-hydrogen) atoms. The lowest BCUT2D eigenvalue weighted by molar-refractivity contribution is 0.322. The molecule has 0 unspecified atom stereocenters. The number of pyridine rings is 1. The Morgan fingerprint density at radius 2 is 1.82 bits per heavy atom. The van der Waals surface area contributed by atoms with Crippen molar-refractivity contribution < 1.29 is 4.39 Å². The molecule has 2 fully saturated rings. The Hall–Kier alpha value is -1.71. The molecule has 0 radical (unpaired) electrons. The number of halogens is 1. The molecule has 0 amide bonds. The summed E-state index contributed by atoms with van der Waals surface area (Å²) in [7, 11) is 0. The summed E-state index contributed by atoms with van der Waals surface area (Å²) < 4.78 is 15.3. The maximum absolute atomic E-state index is 13.1. The van der Waals surface area contributed by atoms with Crippen LogP contribution in [0.1, 0.15) is 69.0 Å². The van der Waals surface area contributed by atoms with Gasteiger partial charge in [0.2, 0.25) is 5.95 Å². The molecule has 0 saturated heterocycles. The Morgan fingerprint density at radius 3 is 2.45 bits per heavy atom. The van der Waals surface area contributed by atoms with E-state index in [0.29, 0.717) is 12.0 Å². The molecule has 0 N–H and O–H groups in total. The van der Waals surface area contributed by atoms with Crippen LogP contribution in [0.2, 0.25) is 0 Å². The molecular formula is C18H22FN3. The molecule has 0 bridgehead atoms. The maximum atomic E-state index is 13.1. The first-order valence-corrected chi connectivity index (χ1v) is 8.52. The molecular weight excluding hydrogens is 277 g/mol. The quantitative estimate of drug-likeness (QED) is 0.758. The van der Waals surface area contributed by atoms with E-state index < -0.39 is 5.95 Å². The van der Waals surface area contributed by atoms with Gasteiger partial charge in [-0.25, -0.2) is 4.98 Å². The molecule has 0 atom stereocenters. The zero-order valence-corrected chi connectivity index (χ0v) is 12.8. The molecule has 2 aliphatic carbocycles. The minimum Gasteiger partial charge on any atom is -0.269 e. The van der Waals surface area contributed by atoms with Gasteiger partial charge in [-0.05, 0) is 37.8 Å². The molecule has 0 aliphatic heterocycles. The van der Waals surface area contributed by atoms with E-state index in [1.54, 1.807) is 6.20 Å². The summed E-state index contributed by atoms with van der Waals surface area (Å²) >= 11 is 0. The van der Waals surface area contributed by atoms with Crippen LogP contribution < -0.4 is 0 Å². The average molecular weight is 299 g/mol. The van der Waals surface area contributed by atoms with Crippen LogP contribution in [-0.4, -0.2) is 14.8 Å². The van der Waals surface area contributed by atoms with E-state index in [4.69, 9.17) is 5.10 Å². The van der Waals surface area contributed by atoms with E-state index in [1.165, 1.54) is 63.1 Å². The van der Waals surface area contributed by atoms with Crippen LogP contribution in [0.25, 0.3) is 11.1 Å². The number of hydrogen-bond acceptors (Lipinski definition) is 2. The van der Waals surface area contributed by atoms with Gasteiger partial charge in [0.15, 0.2) is 0 Å². The van der Waals surface area contributed by atoms with Gasteiger partial charge in [0, 0.05) is 29.4 Å².